The molecule has 6 nitrogen and oxygen atoms in total. The largest absolute Gasteiger partial charge is 0.367 e. The van der Waals surface area contributed by atoms with Gasteiger partial charge in [-0.1, -0.05) is 13.8 Å². The van der Waals surface area contributed by atoms with Crippen LogP contribution in [0.25, 0.3) is 0 Å². The summed E-state index contributed by atoms with van der Waals surface area (Å²) in [4.78, 5) is 17.9. The second-order valence-corrected chi connectivity index (χ2v) is 5.70. The Hall–Kier alpha value is -1.59. The molecule has 1 amide bonds. The molecule has 0 unspecified atom stereocenters. The minimum atomic E-state index is 0.0950. The van der Waals surface area contributed by atoms with Crippen LogP contribution in [0.3, 0.4) is 0 Å². The summed E-state index contributed by atoms with van der Waals surface area (Å²) < 4.78 is 1.49. The van der Waals surface area contributed by atoms with Crippen molar-refractivity contribution in [3.63, 3.8) is 0 Å². The highest BCUT2D eigenvalue weighted by Gasteiger charge is 2.25. The van der Waals surface area contributed by atoms with Crippen molar-refractivity contribution in [2.24, 2.45) is 5.41 Å². The van der Waals surface area contributed by atoms with Gasteiger partial charge in [-0.3, -0.25) is 4.79 Å². The molecule has 18 heavy (non-hydrogen) atoms. The highest BCUT2D eigenvalue weighted by atomic mass is 16.2. The number of carbonyl (C=O) groups is 1. The lowest BCUT2D eigenvalue weighted by Crippen LogP contribution is -2.35. The number of aromatic nitrogens is 3. The van der Waals surface area contributed by atoms with Gasteiger partial charge in [-0.15, -0.1) is 5.10 Å². The quantitative estimate of drug-likeness (QED) is 0.847. The van der Waals surface area contributed by atoms with Crippen molar-refractivity contribution in [2.45, 2.75) is 39.7 Å². The fourth-order valence-corrected chi connectivity index (χ4v) is 2.30. The van der Waals surface area contributed by atoms with Crippen LogP contribution in [0.4, 0.5) is 5.95 Å². The number of amides is 1. The predicted octanol–water partition coefficient (Wildman–Crippen LogP) is 0.899. The van der Waals surface area contributed by atoms with Gasteiger partial charge in [-0.25, -0.2) is 9.67 Å². The van der Waals surface area contributed by atoms with E-state index in [9.17, 15) is 4.79 Å². The number of anilines is 1. The SMILES string of the molecule is CC1(C)CCCN(C(=O)Cn2cnc(N)n2)CC1. The molecule has 0 bridgehead atoms. The van der Waals surface area contributed by atoms with Crippen molar-refractivity contribution in [3.8, 4) is 0 Å². The Morgan fingerprint density at radius 2 is 2.22 bits per heavy atom. The standard InChI is InChI=1S/C12H21N5O/c1-12(2)4-3-6-16(7-5-12)10(18)8-17-9-14-11(13)15-17/h9H,3-8H2,1-2H3,(H2,13,15). The van der Waals surface area contributed by atoms with Gasteiger partial charge in [0.25, 0.3) is 0 Å². The summed E-state index contributed by atoms with van der Waals surface area (Å²) in [6, 6.07) is 0. The summed E-state index contributed by atoms with van der Waals surface area (Å²) >= 11 is 0. The molecule has 0 aromatic carbocycles. The zero-order valence-electron chi connectivity index (χ0n) is 11.1. The van der Waals surface area contributed by atoms with E-state index in [1.54, 1.807) is 0 Å². The van der Waals surface area contributed by atoms with E-state index in [0.717, 1.165) is 25.9 Å². The minimum absolute atomic E-state index is 0.0950. The molecule has 1 aromatic rings. The van der Waals surface area contributed by atoms with E-state index >= 15 is 0 Å². The Morgan fingerprint density at radius 3 is 2.89 bits per heavy atom. The summed E-state index contributed by atoms with van der Waals surface area (Å²) in [6.07, 6.45) is 4.79. The summed E-state index contributed by atoms with van der Waals surface area (Å²) in [5.41, 5.74) is 5.77. The molecular formula is C12H21N5O. The monoisotopic (exact) mass is 251 g/mol. The molecular weight excluding hydrogens is 230 g/mol. The van der Waals surface area contributed by atoms with Gasteiger partial charge >= 0.3 is 0 Å². The van der Waals surface area contributed by atoms with Crippen molar-refractivity contribution in [2.75, 3.05) is 18.8 Å². The van der Waals surface area contributed by atoms with E-state index in [-0.39, 0.29) is 18.4 Å². The lowest BCUT2D eigenvalue weighted by molar-refractivity contribution is -0.132. The van der Waals surface area contributed by atoms with Crippen LogP contribution in [0.15, 0.2) is 6.33 Å². The number of rotatable bonds is 2. The number of nitrogens with two attached hydrogens (primary N) is 1. The number of likely N-dealkylation sites (tertiary alicyclic amines) is 1. The average molecular weight is 251 g/mol. The van der Waals surface area contributed by atoms with Crippen LogP contribution in [-0.2, 0) is 11.3 Å². The molecule has 1 aromatic heterocycles. The fraction of sp³-hybridized carbons (Fsp3) is 0.750. The summed E-state index contributed by atoms with van der Waals surface area (Å²) in [6.45, 7) is 6.42. The summed E-state index contributed by atoms with van der Waals surface area (Å²) in [5.74, 6) is 0.303. The van der Waals surface area contributed by atoms with Crippen LogP contribution in [0.2, 0.25) is 0 Å². The predicted molar refractivity (Wildman–Crippen MR) is 68.6 cm³/mol. The highest BCUT2D eigenvalue weighted by molar-refractivity contribution is 5.75. The Kier molecular flexibility index (Phi) is 3.54. The molecule has 2 rings (SSSR count). The van der Waals surface area contributed by atoms with Gasteiger partial charge in [0.15, 0.2) is 0 Å². The molecule has 1 fully saturated rings. The average Bonchev–Trinajstić information content (AvgIpc) is 2.58. The Bertz CT molecular complexity index is 426. The molecule has 0 radical (unpaired) electrons. The normalized spacial score (nSPS) is 19.6. The number of carbonyl (C=O) groups excluding carboxylic acids is 1. The van der Waals surface area contributed by atoms with Gasteiger partial charge in [-0.2, -0.15) is 0 Å². The van der Waals surface area contributed by atoms with Crippen molar-refractivity contribution in [1.29, 1.82) is 0 Å². The van der Waals surface area contributed by atoms with Crippen molar-refractivity contribution in [3.05, 3.63) is 6.33 Å². The third-order valence-electron chi connectivity index (χ3n) is 3.54. The molecule has 1 aliphatic heterocycles. The lowest BCUT2D eigenvalue weighted by Gasteiger charge is -2.23. The summed E-state index contributed by atoms with van der Waals surface area (Å²) in [7, 11) is 0. The first kappa shape index (κ1) is 12.9. The first-order valence-electron chi connectivity index (χ1n) is 6.39. The van der Waals surface area contributed by atoms with Crippen LogP contribution >= 0.6 is 0 Å². The number of hydrogen-bond donors (Lipinski definition) is 1. The van der Waals surface area contributed by atoms with Gasteiger partial charge in [0.2, 0.25) is 11.9 Å². The smallest absolute Gasteiger partial charge is 0.244 e. The maximum atomic E-state index is 12.1. The van der Waals surface area contributed by atoms with E-state index in [2.05, 4.69) is 23.9 Å². The zero-order valence-corrected chi connectivity index (χ0v) is 11.1. The summed E-state index contributed by atoms with van der Waals surface area (Å²) in [5, 5.41) is 3.93. The first-order chi connectivity index (χ1) is 8.46. The molecule has 0 aliphatic carbocycles. The maximum absolute atomic E-state index is 12.1. The number of nitrogens with zero attached hydrogens (tertiary/aromatic N) is 4. The topological polar surface area (TPSA) is 77.0 Å². The molecule has 100 valence electrons. The third-order valence-corrected chi connectivity index (χ3v) is 3.54. The third kappa shape index (κ3) is 3.21. The van der Waals surface area contributed by atoms with E-state index in [4.69, 9.17) is 5.73 Å². The minimum Gasteiger partial charge on any atom is -0.367 e. The second-order valence-electron chi connectivity index (χ2n) is 5.70. The van der Waals surface area contributed by atoms with Crippen LogP contribution in [0.5, 0.6) is 0 Å². The molecule has 2 N–H and O–H groups in total. The van der Waals surface area contributed by atoms with Gasteiger partial charge < -0.3 is 10.6 Å². The number of hydrogen-bond acceptors (Lipinski definition) is 4. The molecule has 6 heteroatoms. The molecule has 0 saturated carbocycles. The van der Waals surface area contributed by atoms with Gasteiger partial charge in [0.1, 0.15) is 12.9 Å². The first-order valence-corrected chi connectivity index (χ1v) is 6.39. The molecule has 0 spiro atoms. The van der Waals surface area contributed by atoms with Crippen molar-refractivity contribution >= 4 is 11.9 Å². The Labute approximate surface area is 107 Å². The Morgan fingerprint density at radius 1 is 1.44 bits per heavy atom. The van der Waals surface area contributed by atoms with Crippen molar-refractivity contribution in [1.82, 2.24) is 19.7 Å². The van der Waals surface area contributed by atoms with Crippen LogP contribution < -0.4 is 5.73 Å². The van der Waals surface area contributed by atoms with E-state index < -0.39 is 0 Å². The van der Waals surface area contributed by atoms with Gasteiger partial charge in [0.05, 0.1) is 0 Å². The molecule has 1 saturated heterocycles. The molecule has 0 atom stereocenters. The van der Waals surface area contributed by atoms with Crippen LogP contribution in [0.1, 0.15) is 33.1 Å². The van der Waals surface area contributed by atoms with E-state index in [1.165, 1.54) is 17.4 Å². The van der Waals surface area contributed by atoms with E-state index in [0.29, 0.717) is 5.41 Å². The molecule has 1 aliphatic rings. The number of nitrogen functional groups attached to an aromatic ring is 1. The van der Waals surface area contributed by atoms with Gasteiger partial charge in [-0.05, 0) is 24.7 Å². The fourth-order valence-electron chi connectivity index (χ4n) is 2.30. The van der Waals surface area contributed by atoms with Gasteiger partial charge in [0, 0.05) is 13.1 Å². The van der Waals surface area contributed by atoms with Crippen molar-refractivity contribution < 1.29 is 4.79 Å². The second kappa shape index (κ2) is 4.96. The lowest BCUT2D eigenvalue weighted by atomic mass is 9.85. The van der Waals surface area contributed by atoms with Crippen LogP contribution in [0, 0.1) is 5.41 Å². The maximum Gasteiger partial charge on any atom is 0.244 e. The van der Waals surface area contributed by atoms with E-state index in [1.807, 2.05) is 4.90 Å². The zero-order chi connectivity index (χ0) is 13.2. The Balaban J connectivity index is 1.93. The highest BCUT2D eigenvalue weighted by Crippen LogP contribution is 2.29. The molecule has 2 heterocycles. The van der Waals surface area contributed by atoms with Crippen LogP contribution in [-0.4, -0.2) is 38.7 Å².